The lowest BCUT2D eigenvalue weighted by atomic mass is 10.2. The molecule has 0 aliphatic carbocycles. The maximum atomic E-state index is 11.6. The molecule has 17 heavy (non-hydrogen) atoms. The van der Waals surface area contributed by atoms with Gasteiger partial charge in [0.2, 0.25) is 5.91 Å². The molecule has 0 radical (unpaired) electrons. The van der Waals surface area contributed by atoms with Gasteiger partial charge in [-0.15, -0.1) is 0 Å². The minimum absolute atomic E-state index is 0.223. The van der Waals surface area contributed by atoms with Gasteiger partial charge >= 0.3 is 12.1 Å². The van der Waals surface area contributed by atoms with E-state index in [1.807, 2.05) is 35.6 Å². The van der Waals surface area contributed by atoms with Crippen LogP contribution in [-0.2, 0) is 11.3 Å². The number of benzene rings is 1. The molecule has 5 amide bonds. The van der Waals surface area contributed by atoms with E-state index in [-0.39, 0.29) is 6.54 Å². The highest BCUT2D eigenvalue weighted by Gasteiger charge is 2.31. The van der Waals surface area contributed by atoms with Crippen LogP contribution in [0.25, 0.3) is 0 Å². The summed E-state index contributed by atoms with van der Waals surface area (Å²) < 4.78 is 0. The Morgan fingerprint density at radius 3 is 2.59 bits per heavy atom. The molecule has 1 heterocycles. The van der Waals surface area contributed by atoms with Crippen LogP contribution in [0.15, 0.2) is 30.3 Å². The third kappa shape index (κ3) is 2.60. The van der Waals surface area contributed by atoms with Crippen LogP contribution in [0.4, 0.5) is 9.59 Å². The smallest absolute Gasteiger partial charge is 0.332 e. The lowest BCUT2D eigenvalue weighted by molar-refractivity contribution is -0.118. The monoisotopic (exact) mass is 233 g/mol. The van der Waals surface area contributed by atoms with Crippen molar-refractivity contribution in [3.8, 4) is 0 Å². The van der Waals surface area contributed by atoms with Crippen molar-refractivity contribution in [3.05, 3.63) is 35.9 Å². The molecule has 88 valence electrons. The van der Waals surface area contributed by atoms with E-state index in [0.717, 1.165) is 10.5 Å². The Morgan fingerprint density at radius 1 is 1.29 bits per heavy atom. The van der Waals surface area contributed by atoms with Crippen molar-refractivity contribution in [2.75, 3.05) is 6.54 Å². The van der Waals surface area contributed by atoms with Crippen LogP contribution in [0, 0.1) is 0 Å². The second-order valence-electron chi connectivity index (χ2n) is 3.58. The van der Waals surface area contributed by atoms with Gasteiger partial charge < -0.3 is 5.32 Å². The van der Waals surface area contributed by atoms with E-state index in [9.17, 15) is 14.4 Å². The van der Waals surface area contributed by atoms with Crippen LogP contribution in [0.1, 0.15) is 5.56 Å². The third-order valence-electron chi connectivity index (χ3n) is 2.32. The summed E-state index contributed by atoms with van der Waals surface area (Å²) in [6, 6.07) is 8.04. The summed E-state index contributed by atoms with van der Waals surface area (Å²) in [5.74, 6) is -0.468. The average molecular weight is 233 g/mol. The summed E-state index contributed by atoms with van der Waals surface area (Å²) in [4.78, 5) is 34.5. The Labute approximate surface area is 97.6 Å². The van der Waals surface area contributed by atoms with Crippen molar-refractivity contribution in [3.63, 3.8) is 0 Å². The molecule has 0 aromatic heterocycles. The molecule has 1 aromatic carbocycles. The van der Waals surface area contributed by atoms with E-state index in [0.29, 0.717) is 6.54 Å². The van der Waals surface area contributed by atoms with Crippen LogP contribution in [0.3, 0.4) is 0 Å². The fourth-order valence-corrected chi connectivity index (χ4v) is 1.47. The van der Waals surface area contributed by atoms with E-state index >= 15 is 0 Å². The maximum Gasteiger partial charge on any atom is 0.332 e. The Balaban J connectivity index is 1.90. The van der Waals surface area contributed by atoms with E-state index < -0.39 is 18.0 Å². The van der Waals surface area contributed by atoms with Gasteiger partial charge in [-0.05, 0) is 5.56 Å². The predicted molar refractivity (Wildman–Crippen MR) is 58.9 cm³/mol. The minimum atomic E-state index is -0.680. The quantitative estimate of drug-likeness (QED) is 0.728. The van der Waals surface area contributed by atoms with Crippen molar-refractivity contribution in [1.82, 2.24) is 15.5 Å². The van der Waals surface area contributed by atoms with Crippen molar-refractivity contribution < 1.29 is 14.4 Å². The van der Waals surface area contributed by atoms with Gasteiger partial charge in [0.05, 0.1) is 0 Å². The van der Waals surface area contributed by atoms with E-state index in [2.05, 4.69) is 5.32 Å². The Bertz CT molecular complexity index is 458. The fourth-order valence-electron chi connectivity index (χ4n) is 1.47. The number of nitrogens with zero attached hydrogens (tertiary/aromatic N) is 1. The summed E-state index contributed by atoms with van der Waals surface area (Å²) in [7, 11) is 0. The van der Waals surface area contributed by atoms with E-state index in [1.54, 1.807) is 0 Å². The topological polar surface area (TPSA) is 78.5 Å². The lowest BCUT2D eigenvalue weighted by Crippen LogP contribution is -2.41. The number of nitrogens with one attached hydrogen (secondary N) is 2. The highest BCUT2D eigenvalue weighted by Crippen LogP contribution is 2.01. The number of hydrogen-bond acceptors (Lipinski definition) is 3. The molecule has 2 N–H and O–H groups in total. The van der Waals surface area contributed by atoms with Gasteiger partial charge in [0, 0.05) is 6.54 Å². The molecule has 2 rings (SSSR count). The molecule has 1 saturated heterocycles. The number of hydrogen-bond donors (Lipinski definition) is 2. The molecule has 0 unspecified atom stereocenters. The van der Waals surface area contributed by atoms with Gasteiger partial charge in [-0.3, -0.25) is 10.1 Å². The molecule has 6 nitrogen and oxygen atoms in total. The van der Waals surface area contributed by atoms with Gasteiger partial charge in [0.1, 0.15) is 6.54 Å². The highest BCUT2D eigenvalue weighted by molar-refractivity contribution is 6.09. The number of carbonyl (C=O) groups is 3. The molecule has 1 aromatic rings. The Morgan fingerprint density at radius 2 is 2.00 bits per heavy atom. The zero-order valence-corrected chi connectivity index (χ0v) is 8.97. The van der Waals surface area contributed by atoms with Gasteiger partial charge in [0.15, 0.2) is 0 Å². The second kappa shape index (κ2) is 4.65. The molecular weight excluding hydrogens is 222 g/mol. The number of imide groups is 2. The molecule has 6 heteroatoms. The maximum absolute atomic E-state index is 11.6. The first-order valence-electron chi connectivity index (χ1n) is 5.10. The molecule has 0 atom stereocenters. The summed E-state index contributed by atoms with van der Waals surface area (Å²) in [5, 5.41) is 4.60. The average Bonchev–Trinajstić information content (AvgIpc) is 2.67. The van der Waals surface area contributed by atoms with Gasteiger partial charge in [0.25, 0.3) is 0 Å². The van der Waals surface area contributed by atoms with Gasteiger partial charge in [-0.25, -0.2) is 14.5 Å². The summed E-state index contributed by atoms with van der Waals surface area (Å²) in [6.07, 6.45) is 0. The van der Waals surface area contributed by atoms with Crippen LogP contribution >= 0.6 is 0 Å². The van der Waals surface area contributed by atoms with E-state index in [1.165, 1.54) is 0 Å². The van der Waals surface area contributed by atoms with Crippen LogP contribution in [0.5, 0.6) is 0 Å². The van der Waals surface area contributed by atoms with Crippen molar-refractivity contribution in [1.29, 1.82) is 0 Å². The van der Waals surface area contributed by atoms with Crippen molar-refractivity contribution in [2.24, 2.45) is 0 Å². The third-order valence-corrected chi connectivity index (χ3v) is 2.32. The molecule has 0 spiro atoms. The summed E-state index contributed by atoms with van der Waals surface area (Å²) in [6.45, 7) is 0.0943. The lowest BCUT2D eigenvalue weighted by Gasteiger charge is -2.12. The molecule has 1 fully saturated rings. The standard InChI is InChI=1S/C11H11N3O3/c15-9-7-14(11(17)13-9)10(16)12-6-8-4-2-1-3-5-8/h1-5H,6-7H2,(H,12,16)(H,13,15,17). The normalized spacial score (nSPS) is 14.7. The van der Waals surface area contributed by atoms with Crippen molar-refractivity contribution >= 4 is 18.0 Å². The molecule has 1 aliphatic rings. The first-order valence-corrected chi connectivity index (χ1v) is 5.10. The molecular formula is C11H11N3O3. The summed E-state index contributed by atoms with van der Waals surface area (Å²) >= 11 is 0. The number of amides is 5. The minimum Gasteiger partial charge on any atom is -0.333 e. The van der Waals surface area contributed by atoms with Gasteiger partial charge in [-0.2, -0.15) is 0 Å². The van der Waals surface area contributed by atoms with Crippen LogP contribution in [-0.4, -0.2) is 29.4 Å². The SMILES string of the molecule is O=C1CN(C(=O)NCc2ccccc2)C(=O)N1. The molecule has 1 aliphatic heterocycles. The number of rotatable bonds is 2. The highest BCUT2D eigenvalue weighted by atomic mass is 16.2. The van der Waals surface area contributed by atoms with E-state index in [4.69, 9.17) is 0 Å². The van der Waals surface area contributed by atoms with Crippen molar-refractivity contribution in [2.45, 2.75) is 6.54 Å². The largest absolute Gasteiger partial charge is 0.333 e. The zero-order valence-electron chi connectivity index (χ0n) is 8.97. The first kappa shape index (κ1) is 11.1. The summed E-state index contributed by atoms with van der Waals surface area (Å²) in [5.41, 5.74) is 0.923. The number of urea groups is 2. The molecule has 0 saturated carbocycles. The number of carbonyl (C=O) groups excluding carboxylic acids is 3. The van der Waals surface area contributed by atoms with Crippen LogP contribution in [0.2, 0.25) is 0 Å². The van der Waals surface area contributed by atoms with Crippen LogP contribution < -0.4 is 10.6 Å². The van der Waals surface area contributed by atoms with Gasteiger partial charge in [-0.1, -0.05) is 30.3 Å². The predicted octanol–water partition coefficient (Wildman–Crippen LogP) is 0.448. The first-order chi connectivity index (χ1) is 8.16. The zero-order chi connectivity index (χ0) is 12.3. The molecule has 0 bridgehead atoms. The Kier molecular flexibility index (Phi) is 3.04. The second-order valence-corrected chi connectivity index (χ2v) is 3.58. The Hall–Kier alpha value is -2.37. The fraction of sp³-hybridized carbons (Fsp3) is 0.182.